The molecule has 1 aliphatic rings. The number of hydrogen-bond acceptors (Lipinski definition) is 2. The standard InChI is InChI=1S/C13H24FNO2/c1-9(10-5-7-11(14)8-6-10)15-12(16)17-13(2,3)4/h9-11H,5-8H2,1-4H3,(H,15,16). The molecule has 0 spiro atoms. The molecular formula is C13H24FNO2. The van der Waals surface area contributed by atoms with Crippen molar-refractivity contribution in [3.05, 3.63) is 0 Å². The lowest BCUT2D eigenvalue weighted by Gasteiger charge is -2.30. The van der Waals surface area contributed by atoms with Gasteiger partial charge in [-0.1, -0.05) is 0 Å². The smallest absolute Gasteiger partial charge is 0.407 e. The van der Waals surface area contributed by atoms with Crippen molar-refractivity contribution in [3.63, 3.8) is 0 Å². The monoisotopic (exact) mass is 245 g/mol. The van der Waals surface area contributed by atoms with Crippen molar-refractivity contribution in [3.8, 4) is 0 Å². The maximum absolute atomic E-state index is 13.0. The third kappa shape index (κ3) is 5.37. The summed E-state index contributed by atoms with van der Waals surface area (Å²) in [5, 5.41) is 2.84. The van der Waals surface area contributed by atoms with Crippen LogP contribution in [0.3, 0.4) is 0 Å². The van der Waals surface area contributed by atoms with Crippen molar-refractivity contribution in [2.45, 2.75) is 71.2 Å². The highest BCUT2D eigenvalue weighted by molar-refractivity contribution is 5.68. The molecule has 1 amide bonds. The van der Waals surface area contributed by atoms with Gasteiger partial charge in [0.25, 0.3) is 0 Å². The van der Waals surface area contributed by atoms with Crippen molar-refractivity contribution in [1.29, 1.82) is 0 Å². The third-order valence-electron chi connectivity index (χ3n) is 3.15. The second kappa shape index (κ2) is 5.69. The number of nitrogens with one attached hydrogen (secondary N) is 1. The molecule has 1 aliphatic carbocycles. The first-order chi connectivity index (χ1) is 7.78. The van der Waals surface area contributed by atoms with Gasteiger partial charge in [-0.25, -0.2) is 9.18 Å². The van der Waals surface area contributed by atoms with Gasteiger partial charge in [0.2, 0.25) is 0 Å². The van der Waals surface area contributed by atoms with Crippen molar-refractivity contribution in [2.75, 3.05) is 0 Å². The Kier molecular flexibility index (Phi) is 4.78. The van der Waals surface area contributed by atoms with Crippen LogP contribution in [0.25, 0.3) is 0 Å². The number of ether oxygens (including phenoxy) is 1. The van der Waals surface area contributed by atoms with Crippen LogP contribution in [0.5, 0.6) is 0 Å². The van der Waals surface area contributed by atoms with Gasteiger partial charge in [0.05, 0.1) is 0 Å². The Morgan fingerprint density at radius 3 is 2.29 bits per heavy atom. The van der Waals surface area contributed by atoms with Crippen LogP contribution >= 0.6 is 0 Å². The molecule has 0 heterocycles. The number of alkyl halides is 1. The Hall–Kier alpha value is -0.800. The zero-order chi connectivity index (χ0) is 13.1. The molecule has 1 N–H and O–H groups in total. The summed E-state index contributed by atoms with van der Waals surface area (Å²) >= 11 is 0. The predicted molar refractivity (Wildman–Crippen MR) is 65.7 cm³/mol. The molecule has 0 aliphatic heterocycles. The molecule has 1 rings (SSSR count). The fourth-order valence-corrected chi connectivity index (χ4v) is 2.19. The normalized spacial score (nSPS) is 27.4. The molecule has 4 heteroatoms. The van der Waals surface area contributed by atoms with E-state index in [1.165, 1.54) is 0 Å². The third-order valence-corrected chi connectivity index (χ3v) is 3.15. The largest absolute Gasteiger partial charge is 0.444 e. The van der Waals surface area contributed by atoms with Gasteiger partial charge in [-0.15, -0.1) is 0 Å². The van der Waals surface area contributed by atoms with E-state index < -0.39 is 11.8 Å². The highest BCUT2D eigenvalue weighted by Gasteiger charge is 2.27. The first-order valence-electron chi connectivity index (χ1n) is 6.41. The Morgan fingerprint density at radius 1 is 1.29 bits per heavy atom. The average molecular weight is 245 g/mol. The predicted octanol–water partition coefficient (Wildman–Crippen LogP) is 3.43. The number of carbonyl (C=O) groups excluding carboxylic acids is 1. The van der Waals surface area contributed by atoms with Crippen LogP contribution in [-0.4, -0.2) is 23.9 Å². The molecule has 1 atom stereocenters. The second-order valence-corrected chi connectivity index (χ2v) is 5.95. The number of hydrogen-bond donors (Lipinski definition) is 1. The van der Waals surface area contributed by atoms with Crippen LogP contribution < -0.4 is 5.32 Å². The second-order valence-electron chi connectivity index (χ2n) is 5.95. The lowest BCUT2D eigenvalue weighted by atomic mass is 9.84. The minimum Gasteiger partial charge on any atom is -0.444 e. The SMILES string of the molecule is CC(NC(=O)OC(C)(C)C)C1CCC(F)CC1. The quantitative estimate of drug-likeness (QED) is 0.809. The van der Waals surface area contributed by atoms with E-state index >= 15 is 0 Å². The Balaban J connectivity index is 2.33. The zero-order valence-corrected chi connectivity index (χ0v) is 11.3. The zero-order valence-electron chi connectivity index (χ0n) is 11.3. The highest BCUT2D eigenvalue weighted by atomic mass is 19.1. The van der Waals surface area contributed by atoms with Crippen LogP contribution in [0, 0.1) is 5.92 Å². The van der Waals surface area contributed by atoms with Crippen LogP contribution in [-0.2, 0) is 4.74 Å². The molecule has 3 nitrogen and oxygen atoms in total. The van der Waals surface area contributed by atoms with Crippen LogP contribution in [0.2, 0.25) is 0 Å². The maximum Gasteiger partial charge on any atom is 0.407 e. The van der Waals surface area contributed by atoms with Gasteiger partial charge in [0, 0.05) is 6.04 Å². The fourth-order valence-electron chi connectivity index (χ4n) is 2.19. The minimum absolute atomic E-state index is 0.0531. The number of amides is 1. The lowest BCUT2D eigenvalue weighted by molar-refractivity contribution is 0.0478. The van der Waals surface area contributed by atoms with Crippen molar-refractivity contribution in [2.24, 2.45) is 5.92 Å². The first kappa shape index (κ1) is 14.3. The summed E-state index contributed by atoms with van der Waals surface area (Å²) in [5.41, 5.74) is -0.472. The van der Waals surface area contributed by atoms with Gasteiger partial charge in [0.1, 0.15) is 11.8 Å². The molecule has 0 radical (unpaired) electrons. The van der Waals surface area contributed by atoms with E-state index in [0.29, 0.717) is 18.8 Å². The van der Waals surface area contributed by atoms with E-state index in [1.54, 1.807) is 0 Å². The average Bonchev–Trinajstić information content (AvgIpc) is 2.15. The van der Waals surface area contributed by atoms with E-state index in [2.05, 4.69) is 5.32 Å². The Labute approximate surface area is 103 Å². The van der Waals surface area contributed by atoms with Crippen LogP contribution in [0.1, 0.15) is 53.4 Å². The minimum atomic E-state index is -0.653. The summed E-state index contributed by atoms with van der Waals surface area (Å²) in [6, 6.07) is 0.0531. The lowest BCUT2D eigenvalue weighted by Crippen LogP contribution is -2.42. The van der Waals surface area contributed by atoms with Gasteiger partial charge in [-0.2, -0.15) is 0 Å². The molecule has 0 aromatic rings. The van der Waals surface area contributed by atoms with Gasteiger partial charge in [-0.3, -0.25) is 0 Å². The van der Waals surface area contributed by atoms with Crippen molar-refractivity contribution in [1.82, 2.24) is 5.32 Å². The van der Waals surface area contributed by atoms with Crippen molar-refractivity contribution < 1.29 is 13.9 Å². The van der Waals surface area contributed by atoms with E-state index in [-0.39, 0.29) is 12.1 Å². The molecule has 1 saturated carbocycles. The summed E-state index contributed by atoms with van der Waals surface area (Å²) in [5.74, 6) is 0.370. The molecule has 0 aromatic carbocycles. The molecule has 17 heavy (non-hydrogen) atoms. The maximum atomic E-state index is 13.0. The van der Waals surface area contributed by atoms with E-state index in [0.717, 1.165) is 12.8 Å². The van der Waals surface area contributed by atoms with E-state index in [1.807, 2.05) is 27.7 Å². The summed E-state index contributed by atoms with van der Waals surface area (Å²) < 4.78 is 18.2. The van der Waals surface area contributed by atoms with Gasteiger partial charge < -0.3 is 10.1 Å². The molecule has 0 aromatic heterocycles. The number of carbonyl (C=O) groups is 1. The van der Waals surface area contributed by atoms with E-state index in [9.17, 15) is 9.18 Å². The number of alkyl carbamates (subject to hydrolysis) is 1. The highest BCUT2D eigenvalue weighted by Crippen LogP contribution is 2.28. The van der Waals surface area contributed by atoms with Gasteiger partial charge in [-0.05, 0) is 59.3 Å². The van der Waals surface area contributed by atoms with Crippen LogP contribution in [0.4, 0.5) is 9.18 Å². The molecular weight excluding hydrogens is 221 g/mol. The van der Waals surface area contributed by atoms with Crippen molar-refractivity contribution >= 4 is 6.09 Å². The molecule has 100 valence electrons. The van der Waals surface area contributed by atoms with E-state index in [4.69, 9.17) is 4.74 Å². The topological polar surface area (TPSA) is 38.3 Å². The van der Waals surface area contributed by atoms with Gasteiger partial charge >= 0.3 is 6.09 Å². The number of halogens is 1. The molecule has 1 unspecified atom stereocenters. The molecule has 0 bridgehead atoms. The first-order valence-corrected chi connectivity index (χ1v) is 6.41. The van der Waals surface area contributed by atoms with Gasteiger partial charge in [0.15, 0.2) is 0 Å². The fraction of sp³-hybridized carbons (Fsp3) is 0.923. The summed E-state index contributed by atoms with van der Waals surface area (Å²) in [6.45, 7) is 7.48. The van der Waals surface area contributed by atoms with Crippen LogP contribution in [0.15, 0.2) is 0 Å². The summed E-state index contributed by atoms with van der Waals surface area (Å²) in [6.07, 6.45) is 1.89. The Morgan fingerprint density at radius 2 is 1.82 bits per heavy atom. The number of rotatable bonds is 2. The summed E-state index contributed by atoms with van der Waals surface area (Å²) in [4.78, 5) is 11.6. The Bertz CT molecular complexity index is 255. The molecule has 0 saturated heterocycles. The molecule has 1 fully saturated rings. The summed E-state index contributed by atoms with van der Waals surface area (Å²) in [7, 11) is 0.